The summed E-state index contributed by atoms with van der Waals surface area (Å²) in [5.41, 5.74) is 1.09. The van der Waals surface area contributed by atoms with Crippen molar-refractivity contribution in [3.63, 3.8) is 0 Å². The van der Waals surface area contributed by atoms with Gasteiger partial charge in [0.25, 0.3) is 0 Å². The van der Waals surface area contributed by atoms with Crippen molar-refractivity contribution in [3.8, 4) is 11.5 Å². The summed E-state index contributed by atoms with van der Waals surface area (Å²) in [5, 5.41) is 0. The normalized spacial score (nSPS) is 21.6. The molecule has 0 spiro atoms. The third-order valence-electron chi connectivity index (χ3n) is 6.00. The molecule has 0 saturated carbocycles. The van der Waals surface area contributed by atoms with E-state index in [1.165, 1.54) is 11.2 Å². The monoisotopic (exact) mass is 447 g/mol. The van der Waals surface area contributed by atoms with Gasteiger partial charge >= 0.3 is 5.97 Å². The van der Waals surface area contributed by atoms with E-state index in [9.17, 15) is 13.2 Å². The van der Waals surface area contributed by atoms with Gasteiger partial charge in [0.2, 0.25) is 10.0 Å². The minimum absolute atomic E-state index is 0.0813. The van der Waals surface area contributed by atoms with Gasteiger partial charge in [0.15, 0.2) is 11.5 Å². The molecule has 0 amide bonds. The standard InChI is InChI=1S/C23H29NO6S/c1-6-23(18-9-12-20(28-4)21(13-18)29-5)15-24(14-22(23)30-17(3)25)31(26,27)19-10-7-16(2)8-11-19/h7-13,22H,6,14-15H2,1-5H3/t22-,23+/m1/s1. The van der Waals surface area contributed by atoms with E-state index in [1.807, 2.05) is 26.0 Å². The van der Waals surface area contributed by atoms with Crippen molar-refractivity contribution in [2.24, 2.45) is 0 Å². The van der Waals surface area contributed by atoms with E-state index in [2.05, 4.69) is 0 Å². The lowest BCUT2D eigenvalue weighted by Crippen LogP contribution is -2.41. The molecule has 31 heavy (non-hydrogen) atoms. The molecule has 0 aliphatic carbocycles. The van der Waals surface area contributed by atoms with Crippen molar-refractivity contribution in [1.82, 2.24) is 4.31 Å². The number of nitrogens with zero attached hydrogens (tertiary/aromatic N) is 1. The topological polar surface area (TPSA) is 82.1 Å². The molecular weight excluding hydrogens is 418 g/mol. The van der Waals surface area contributed by atoms with Gasteiger partial charge < -0.3 is 14.2 Å². The van der Waals surface area contributed by atoms with E-state index in [4.69, 9.17) is 14.2 Å². The van der Waals surface area contributed by atoms with Gasteiger partial charge in [-0.3, -0.25) is 4.79 Å². The third kappa shape index (κ3) is 4.27. The quantitative estimate of drug-likeness (QED) is 0.606. The van der Waals surface area contributed by atoms with Crippen LogP contribution < -0.4 is 9.47 Å². The van der Waals surface area contributed by atoms with Gasteiger partial charge in [0.05, 0.1) is 25.7 Å². The van der Waals surface area contributed by atoms with Crippen molar-refractivity contribution >= 4 is 16.0 Å². The number of ether oxygens (including phenoxy) is 3. The lowest BCUT2D eigenvalue weighted by atomic mass is 9.75. The Labute approximate surface area is 184 Å². The SMILES string of the molecule is CC[C@@]1(c2ccc(OC)c(OC)c2)CN(S(=O)(=O)c2ccc(C)cc2)C[C@H]1OC(C)=O. The second-order valence-electron chi connectivity index (χ2n) is 7.79. The highest BCUT2D eigenvalue weighted by Gasteiger charge is 2.52. The molecule has 3 rings (SSSR count). The molecule has 0 aromatic heterocycles. The zero-order valence-electron chi connectivity index (χ0n) is 18.5. The summed E-state index contributed by atoms with van der Waals surface area (Å²) in [6.45, 7) is 5.48. The number of esters is 1. The van der Waals surface area contributed by atoms with Crippen LogP contribution in [0.4, 0.5) is 0 Å². The molecule has 2 aromatic carbocycles. The number of carbonyl (C=O) groups excluding carboxylic acids is 1. The Morgan fingerprint density at radius 3 is 2.29 bits per heavy atom. The van der Waals surface area contributed by atoms with Gasteiger partial charge in [-0.15, -0.1) is 0 Å². The Morgan fingerprint density at radius 1 is 1.10 bits per heavy atom. The highest BCUT2D eigenvalue weighted by molar-refractivity contribution is 7.89. The number of benzene rings is 2. The first kappa shape index (κ1) is 23.1. The van der Waals surface area contributed by atoms with Crippen LogP contribution in [0.3, 0.4) is 0 Å². The van der Waals surface area contributed by atoms with Crippen LogP contribution >= 0.6 is 0 Å². The minimum Gasteiger partial charge on any atom is -0.493 e. The van der Waals surface area contributed by atoms with Crippen LogP contribution in [0.15, 0.2) is 47.4 Å². The number of aryl methyl sites for hydroxylation is 1. The highest BCUT2D eigenvalue weighted by atomic mass is 32.2. The molecule has 8 heteroatoms. The van der Waals surface area contributed by atoms with Crippen LogP contribution in [0.2, 0.25) is 0 Å². The average molecular weight is 448 g/mol. The zero-order valence-corrected chi connectivity index (χ0v) is 19.4. The number of hydrogen-bond acceptors (Lipinski definition) is 6. The summed E-state index contributed by atoms with van der Waals surface area (Å²) >= 11 is 0. The van der Waals surface area contributed by atoms with Gasteiger partial charge in [-0.2, -0.15) is 4.31 Å². The van der Waals surface area contributed by atoms with E-state index in [-0.39, 0.29) is 18.0 Å². The summed E-state index contributed by atoms with van der Waals surface area (Å²) in [6.07, 6.45) is -0.0614. The first-order chi connectivity index (χ1) is 14.7. The molecular formula is C23H29NO6S. The van der Waals surface area contributed by atoms with Crippen LogP contribution in [-0.2, 0) is 25.0 Å². The predicted molar refractivity (Wildman–Crippen MR) is 117 cm³/mol. The molecule has 1 fully saturated rings. The number of sulfonamides is 1. The Kier molecular flexibility index (Phi) is 6.62. The minimum atomic E-state index is -3.76. The molecule has 1 aliphatic rings. The maximum absolute atomic E-state index is 13.4. The predicted octanol–water partition coefficient (Wildman–Crippen LogP) is 3.30. The number of carbonyl (C=O) groups is 1. The fourth-order valence-corrected chi connectivity index (χ4v) is 5.71. The van der Waals surface area contributed by atoms with Crippen LogP contribution in [-0.4, -0.2) is 52.1 Å². The zero-order chi connectivity index (χ0) is 22.8. The largest absolute Gasteiger partial charge is 0.493 e. The molecule has 0 bridgehead atoms. The van der Waals surface area contributed by atoms with E-state index in [1.54, 1.807) is 44.6 Å². The summed E-state index contributed by atoms with van der Waals surface area (Å²) < 4.78 is 44.6. The van der Waals surface area contributed by atoms with Gasteiger partial charge in [-0.05, 0) is 43.2 Å². The second kappa shape index (κ2) is 8.88. The Bertz CT molecular complexity index is 1050. The first-order valence-corrected chi connectivity index (χ1v) is 11.6. The van der Waals surface area contributed by atoms with E-state index >= 15 is 0 Å². The fourth-order valence-electron chi connectivity index (χ4n) is 4.20. The number of methoxy groups -OCH3 is 2. The van der Waals surface area contributed by atoms with Crippen molar-refractivity contribution < 1.29 is 27.4 Å². The Morgan fingerprint density at radius 2 is 1.74 bits per heavy atom. The Hall–Kier alpha value is -2.58. The van der Waals surface area contributed by atoms with Crippen molar-refractivity contribution in [2.45, 2.75) is 43.6 Å². The maximum Gasteiger partial charge on any atom is 0.302 e. The summed E-state index contributed by atoms with van der Waals surface area (Å²) in [6, 6.07) is 12.3. The molecule has 1 heterocycles. The number of rotatable bonds is 7. The molecule has 1 aliphatic heterocycles. The lowest BCUT2D eigenvalue weighted by Gasteiger charge is -2.34. The average Bonchev–Trinajstić information content (AvgIpc) is 3.13. The molecule has 7 nitrogen and oxygen atoms in total. The summed E-state index contributed by atoms with van der Waals surface area (Å²) in [7, 11) is -0.652. The highest BCUT2D eigenvalue weighted by Crippen LogP contribution is 2.44. The summed E-state index contributed by atoms with van der Waals surface area (Å²) in [4.78, 5) is 12.1. The van der Waals surface area contributed by atoms with Crippen molar-refractivity contribution in [1.29, 1.82) is 0 Å². The fraction of sp³-hybridized carbons (Fsp3) is 0.435. The van der Waals surface area contributed by atoms with Crippen LogP contribution in [0.25, 0.3) is 0 Å². The van der Waals surface area contributed by atoms with Gasteiger partial charge in [0, 0.05) is 18.9 Å². The van der Waals surface area contributed by atoms with E-state index in [0.717, 1.165) is 11.1 Å². The van der Waals surface area contributed by atoms with Crippen LogP contribution in [0.5, 0.6) is 11.5 Å². The van der Waals surface area contributed by atoms with E-state index in [0.29, 0.717) is 17.9 Å². The third-order valence-corrected chi connectivity index (χ3v) is 7.83. The molecule has 0 unspecified atom stereocenters. The first-order valence-electron chi connectivity index (χ1n) is 10.1. The summed E-state index contributed by atoms with van der Waals surface area (Å²) in [5.74, 6) is 0.663. The van der Waals surface area contributed by atoms with Gasteiger partial charge in [-0.25, -0.2) is 8.42 Å². The molecule has 0 radical (unpaired) electrons. The molecule has 2 atom stereocenters. The molecule has 2 aromatic rings. The molecule has 168 valence electrons. The van der Waals surface area contributed by atoms with Crippen LogP contribution in [0, 0.1) is 6.92 Å². The van der Waals surface area contributed by atoms with Crippen molar-refractivity contribution in [3.05, 3.63) is 53.6 Å². The smallest absolute Gasteiger partial charge is 0.302 e. The van der Waals surface area contributed by atoms with E-state index < -0.39 is 27.5 Å². The van der Waals surface area contributed by atoms with Gasteiger partial charge in [-0.1, -0.05) is 30.7 Å². The van der Waals surface area contributed by atoms with Crippen LogP contribution in [0.1, 0.15) is 31.4 Å². The maximum atomic E-state index is 13.4. The Balaban J connectivity index is 2.08. The van der Waals surface area contributed by atoms with Gasteiger partial charge in [0.1, 0.15) is 6.10 Å². The molecule has 1 saturated heterocycles. The molecule has 0 N–H and O–H groups in total. The lowest BCUT2D eigenvalue weighted by molar-refractivity contribution is -0.148. The second-order valence-corrected chi connectivity index (χ2v) is 9.73. The number of hydrogen-bond donors (Lipinski definition) is 0. The van der Waals surface area contributed by atoms with Crippen molar-refractivity contribution in [2.75, 3.05) is 27.3 Å².